The van der Waals surface area contributed by atoms with E-state index < -0.39 is 5.97 Å². The quantitative estimate of drug-likeness (QED) is 0.213. The van der Waals surface area contributed by atoms with Crippen molar-refractivity contribution in [3.05, 3.63) is 12.2 Å². The summed E-state index contributed by atoms with van der Waals surface area (Å²) in [4.78, 5) is 10.6. The zero-order valence-corrected chi connectivity index (χ0v) is 19.7. The minimum Gasteiger partial charge on any atom is -0.481 e. The number of nitrogens with one attached hydrogen (secondary N) is 1. The van der Waals surface area contributed by atoms with Crippen molar-refractivity contribution in [2.75, 3.05) is 6.54 Å². The van der Waals surface area contributed by atoms with Gasteiger partial charge in [-0.05, 0) is 61.7 Å². The summed E-state index contributed by atoms with van der Waals surface area (Å²) in [6.07, 6.45) is 18.2. The normalized spacial score (nSPS) is 28.4. The van der Waals surface area contributed by atoms with Crippen LogP contribution in [-0.2, 0) is 4.79 Å². The van der Waals surface area contributed by atoms with Crippen molar-refractivity contribution >= 4 is 5.97 Å². The highest BCUT2D eigenvalue weighted by molar-refractivity contribution is 5.66. The number of carbonyl (C=O) groups is 1. The molecule has 3 aliphatic rings. The van der Waals surface area contributed by atoms with Gasteiger partial charge in [-0.15, -0.1) is 0 Å². The van der Waals surface area contributed by atoms with Gasteiger partial charge in [0, 0.05) is 19.0 Å². The Labute approximate surface area is 184 Å². The molecular weight excluding hydrogens is 374 g/mol. The van der Waals surface area contributed by atoms with Crippen LogP contribution >= 0.6 is 0 Å². The van der Waals surface area contributed by atoms with Crippen LogP contribution in [0.4, 0.5) is 0 Å². The molecule has 0 heterocycles. The van der Waals surface area contributed by atoms with E-state index in [1.807, 2.05) is 0 Å². The van der Waals surface area contributed by atoms with E-state index in [1.165, 1.54) is 44.9 Å². The fourth-order valence-electron chi connectivity index (χ4n) is 5.80. The van der Waals surface area contributed by atoms with Crippen LogP contribution in [0.1, 0.15) is 104 Å². The fourth-order valence-corrected chi connectivity index (χ4v) is 5.80. The molecule has 0 aromatic carbocycles. The number of fused-ring (bicyclic) bond motifs is 2. The van der Waals surface area contributed by atoms with Gasteiger partial charge in [-0.25, -0.2) is 0 Å². The number of hydrogen-bond acceptors (Lipinski definition) is 3. The summed E-state index contributed by atoms with van der Waals surface area (Å²) in [7, 11) is 0. The van der Waals surface area contributed by atoms with Gasteiger partial charge in [-0.1, -0.05) is 71.4 Å². The number of allylic oxidation sites excluding steroid dienone is 2. The Balaban J connectivity index is 1.73. The van der Waals surface area contributed by atoms with Crippen LogP contribution in [0.3, 0.4) is 0 Å². The Morgan fingerprint density at radius 2 is 1.83 bits per heavy atom. The first kappa shape index (κ1) is 25.4. The molecular formula is C26H47NO3. The Morgan fingerprint density at radius 1 is 1.10 bits per heavy atom. The van der Waals surface area contributed by atoms with Crippen LogP contribution in [-0.4, -0.2) is 34.9 Å². The number of unbranched alkanes of at least 4 members (excludes halogenated alkanes) is 6. The maximum absolute atomic E-state index is 10.6. The third-order valence-corrected chi connectivity index (χ3v) is 7.96. The molecule has 3 aliphatic carbocycles. The van der Waals surface area contributed by atoms with Gasteiger partial charge in [-0.3, -0.25) is 4.79 Å². The highest BCUT2D eigenvalue weighted by Crippen LogP contribution is 2.62. The standard InChI is InChI=1S/C26H47NO3/c1-4-5-6-7-8-11-14-21(28)19-27-24-18-20-17-23(26(20,2)3)22(24)15-12-9-10-13-16-25(29)30/h9,12,20-24,27-28H,4-8,10-11,13-19H2,1-3H3,(H,29,30)/b12-9-/t20-,21-,22?,23+,24?/m0/s1. The topological polar surface area (TPSA) is 69.6 Å². The number of carboxylic acids is 1. The van der Waals surface area contributed by atoms with Gasteiger partial charge in [-0.2, -0.15) is 0 Å². The summed E-state index contributed by atoms with van der Waals surface area (Å²) in [5, 5.41) is 22.9. The van der Waals surface area contributed by atoms with E-state index in [2.05, 4.69) is 38.2 Å². The molecule has 0 spiro atoms. The van der Waals surface area contributed by atoms with Crippen LogP contribution in [0.15, 0.2) is 12.2 Å². The summed E-state index contributed by atoms with van der Waals surface area (Å²) in [5.41, 5.74) is 0.442. The summed E-state index contributed by atoms with van der Waals surface area (Å²) in [6, 6.07) is 0.504. The number of aliphatic carboxylic acids is 1. The first-order valence-corrected chi connectivity index (χ1v) is 12.6. The van der Waals surface area contributed by atoms with Gasteiger partial charge in [0.05, 0.1) is 6.10 Å². The van der Waals surface area contributed by atoms with E-state index in [-0.39, 0.29) is 12.5 Å². The molecule has 0 saturated heterocycles. The van der Waals surface area contributed by atoms with Crippen LogP contribution in [0.2, 0.25) is 0 Å². The molecule has 2 bridgehead atoms. The third-order valence-electron chi connectivity index (χ3n) is 7.96. The minimum absolute atomic E-state index is 0.227. The summed E-state index contributed by atoms with van der Waals surface area (Å²) in [6.45, 7) is 7.82. The Kier molecular flexibility index (Phi) is 10.9. The summed E-state index contributed by atoms with van der Waals surface area (Å²) >= 11 is 0. The van der Waals surface area contributed by atoms with E-state index in [4.69, 9.17) is 5.11 Å². The van der Waals surface area contributed by atoms with Crippen molar-refractivity contribution in [2.24, 2.45) is 23.2 Å². The second-order valence-corrected chi connectivity index (χ2v) is 10.5. The van der Waals surface area contributed by atoms with E-state index in [9.17, 15) is 9.90 Å². The fraction of sp³-hybridized carbons (Fsp3) is 0.885. The molecule has 4 heteroatoms. The molecule has 4 nitrogen and oxygen atoms in total. The smallest absolute Gasteiger partial charge is 0.303 e. The minimum atomic E-state index is -0.707. The number of aliphatic hydroxyl groups is 1. The van der Waals surface area contributed by atoms with Gasteiger partial charge >= 0.3 is 5.97 Å². The lowest BCUT2D eigenvalue weighted by molar-refractivity contribution is -0.137. The molecule has 0 aromatic heterocycles. The average molecular weight is 422 g/mol. The lowest BCUT2D eigenvalue weighted by Gasteiger charge is -2.63. The molecule has 174 valence electrons. The van der Waals surface area contributed by atoms with Crippen LogP contribution in [0.5, 0.6) is 0 Å². The molecule has 3 N–H and O–H groups in total. The molecule has 0 radical (unpaired) electrons. The van der Waals surface area contributed by atoms with Gasteiger partial charge in [0.25, 0.3) is 0 Å². The van der Waals surface area contributed by atoms with Crippen molar-refractivity contribution in [2.45, 2.75) is 116 Å². The first-order valence-electron chi connectivity index (χ1n) is 12.6. The van der Waals surface area contributed by atoms with E-state index in [0.29, 0.717) is 17.4 Å². The number of carboxylic acid groups (broad SMARTS) is 1. The van der Waals surface area contributed by atoms with Crippen LogP contribution in [0, 0.1) is 23.2 Å². The third kappa shape index (κ3) is 7.67. The lowest BCUT2D eigenvalue weighted by Crippen LogP contribution is -2.61. The predicted octanol–water partition coefficient (Wildman–Crippen LogP) is 5.94. The molecule has 3 fully saturated rings. The van der Waals surface area contributed by atoms with E-state index in [0.717, 1.165) is 50.5 Å². The Hall–Kier alpha value is -0.870. The summed E-state index contributed by atoms with van der Waals surface area (Å²) < 4.78 is 0. The van der Waals surface area contributed by atoms with E-state index in [1.54, 1.807) is 0 Å². The van der Waals surface area contributed by atoms with Gasteiger partial charge in [0.15, 0.2) is 0 Å². The lowest BCUT2D eigenvalue weighted by atomic mass is 9.44. The number of hydrogen-bond donors (Lipinski definition) is 3. The van der Waals surface area contributed by atoms with Crippen molar-refractivity contribution in [3.63, 3.8) is 0 Å². The second-order valence-electron chi connectivity index (χ2n) is 10.5. The predicted molar refractivity (Wildman–Crippen MR) is 125 cm³/mol. The van der Waals surface area contributed by atoms with Gasteiger partial charge in [0.1, 0.15) is 0 Å². The highest BCUT2D eigenvalue weighted by atomic mass is 16.4. The number of rotatable bonds is 16. The maximum Gasteiger partial charge on any atom is 0.303 e. The molecule has 5 atom stereocenters. The molecule has 0 aromatic rings. The Bertz CT molecular complexity index is 530. The zero-order valence-electron chi connectivity index (χ0n) is 19.7. The molecule has 30 heavy (non-hydrogen) atoms. The van der Waals surface area contributed by atoms with Crippen LogP contribution in [0.25, 0.3) is 0 Å². The molecule has 3 saturated carbocycles. The number of aliphatic hydroxyl groups excluding tert-OH is 1. The van der Waals surface area contributed by atoms with Crippen LogP contribution < -0.4 is 5.32 Å². The van der Waals surface area contributed by atoms with E-state index >= 15 is 0 Å². The van der Waals surface area contributed by atoms with Crippen molar-refractivity contribution in [1.82, 2.24) is 5.32 Å². The average Bonchev–Trinajstić information content (AvgIpc) is 2.71. The second kappa shape index (κ2) is 12.9. The molecule has 0 amide bonds. The molecule has 2 unspecified atom stereocenters. The monoisotopic (exact) mass is 421 g/mol. The maximum atomic E-state index is 10.6. The van der Waals surface area contributed by atoms with Gasteiger partial charge in [0.2, 0.25) is 0 Å². The largest absolute Gasteiger partial charge is 0.481 e. The van der Waals surface area contributed by atoms with Crippen molar-refractivity contribution in [3.8, 4) is 0 Å². The highest BCUT2D eigenvalue weighted by Gasteiger charge is 2.56. The van der Waals surface area contributed by atoms with Crippen molar-refractivity contribution in [1.29, 1.82) is 0 Å². The Morgan fingerprint density at radius 3 is 2.53 bits per heavy atom. The SMILES string of the molecule is CCCCCCCC[C@H](O)CNC1C[C@@H]2C[C@H](C1C/C=C\CCCC(=O)O)C2(C)C. The first-order chi connectivity index (χ1) is 14.4. The zero-order chi connectivity index (χ0) is 22.0. The molecule has 3 rings (SSSR count). The molecule has 0 aliphatic heterocycles. The van der Waals surface area contributed by atoms with Gasteiger partial charge < -0.3 is 15.5 Å². The summed E-state index contributed by atoms with van der Waals surface area (Å²) in [5.74, 6) is 1.49. The van der Waals surface area contributed by atoms with Crippen molar-refractivity contribution < 1.29 is 15.0 Å².